The van der Waals surface area contributed by atoms with Crippen molar-refractivity contribution in [2.24, 2.45) is 39.9 Å². The molecule has 2 aliphatic heterocycles. The van der Waals surface area contributed by atoms with Crippen molar-refractivity contribution in [1.29, 1.82) is 0 Å². The van der Waals surface area contributed by atoms with Crippen LogP contribution in [0.25, 0.3) is 0 Å². The van der Waals surface area contributed by atoms with Crippen molar-refractivity contribution in [3.63, 3.8) is 0 Å². The maximum Gasteiger partial charge on any atom is 0.0500 e. The Kier molecular flexibility index (Phi) is 9.87. The summed E-state index contributed by atoms with van der Waals surface area (Å²) in [5, 5.41) is 0. The van der Waals surface area contributed by atoms with Crippen molar-refractivity contribution in [2.45, 2.75) is 86.0 Å². The molecule has 4 unspecified atom stereocenters. The molecule has 0 N–H and O–H groups in total. The van der Waals surface area contributed by atoms with Crippen LogP contribution in [0.5, 0.6) is 0 Å². The summed E-state index contributed by atoms with van der Waals surface area (Å²) in [4.78, 5) is 0. The molecule has 2 heterocycles. The van der Waals surface area contributed by atoms with E-state index >= 15 is 0 Å². The number of thioether (sulfide) groups is 1. The average Bonchev–Trinajstić information content (AvgIpc) is 3.23. The van der Waals surface area contributed by atoms with Crippen LogP contribution in [-0.2, 0) is 14.2 Å². The molecule has 0 aromatic rings. The molecule has 2 saturated heterocycles. The highest BCUT2D eigenvalue weighted by Gasteiger charge is 2.45. The summed E-state index contributed by atoms with van der Waals surface area (Å²) < 4.78 is 17.5. The Morgan fingerprint density at radius 2 is 1.53 bits per heavy atom. The van der Waals surface area contributed by atoms with Crippen molar-refractivity contribution >= 4 is 11.8 Å². The lowest BCUT2D eigenvalue weighted by atomic mass is 9.69. The lowest BCUT2D eigenvalue weighted by Crippen LogP contribution is -2.31. The lowest BCUT2D eigenvalue weighted by molar-refractivity contribution is 0.0135. The predicted octanol–water partition coefficient (Wildman–Crippen LogP) is 7.08. The van der Waals surface area contributed by atoms with E-state index in [1.54, 1.807) is 0 Å². The summed E-state index contributed by atoms with van der Waals surface area (Å²) in [5.41, 5.74) is 1.23. The highest BCUT2D eigenvalue weighted by Crippen LogP contribution is 2.51. The van der Waals surface area contributed by atoms with Crippen LogP contribution >= 0.6 is 11.8 Å². The molecule has 0 aromatic carbocycles. The molecule has 4 atom stereocenters. The van der Waals surface area contributed by atoms with Gasteiger partial charge in [-0.1, -0.05) is 34.6 Å². The van der Waals surface area contributed by atoms with E-state index in [1.807, 2.05) is 11.8 Å². The van der Waals surface area contributed by atoms with E-state index in [0.717, 1.165) is 63.3 Å². The molecule has 3 nitrogen and oxygen atoms in total. The maximum atomic E-state index is 6.23. The van der Waals surface area contributed by atoms with Gasteiger partial charge in [-0.25, -0.2) is 0 Å². The molecule has 0 bridgehead atoms. The third-order valence-corrected chi connectivity index (χ3v) is 10.2. The van der Waals surface area contributed by atoms with Gasteiger partial charge < -0.3 is 14.2 Å². The summed E-state index contributed by atoms with van der Waals surface area (Å²) in [6, 6.07) is 0. The average molecular weight is 469 g/mol. The van der Waals surface area contributed by atoms with Gasteiger partial charge in [0.15, 0.2) is 0 Å². The van der Waals surface area contributed by atoms with E-state index in [2.05, 4.69) is 40.9 Å². The normalized spacial score (nSPS) is 29.2. The molecule has 0 spiro atoms. The van der Waals surface area contributed by atoms with E-state index < -0.39 is 0 Å². The van der Waals surface area contributed by atoms with Crippen molar-refractivity contribution in [1.82, 2.24) is 0 Å². The van der Waals surface area contributed by atoms with Gasteiger partial charge in [0, 0.05) is 33.0 Å². The minimum Gasteiger partial charge on any atom is -0.381 e. The maximum absolute atomic E-state index is 6.23. The van der Waals surface area contributed by atoms with Gasteiger partial charge in [0.1, 0.15) is 0 Å². The first-order valence-corrected chi connectivity index (χ1v) is 14.8. The molecule has 0 aromatic heterocycles. The highest BCUT2D eigenvalue weighted by molar-refractivity contribution is 7.98. The first-order chi connectivity index (χ1) is 15.2. The van der Waals surface area contributed by atoms with E-state index in [0.29, 0.717) is 16.2 Å². The van der Waals surface area contributed by atoms with Crippen molar-refractivity contribution in [2.75, 3.05) is 51.6 Å². The first kappa shape index (κ1) is 26.8. The van der Waals surface area contributed by atoms with Gasteiger partial charge in [-0.2, -0.15) is 11.8 Å². The molecular weight excluding hydrogens is 416 g/mol. The van der Waals surface area contributed by atoms with Gasteiger partial charge in [0.25, 0.3) is 0 Å². The Hall–Kier alpha value is 0.230. The van der Waals surface area contributed by atoms with Crippen LogP contribution in [0.4, 0.5) is 0 Å². The number of rotatable bonds is 14. The Morgan fingerprint density at radius 1 is 0.844 bits per heavy atom. The smallest absolute Gasteiger partial charge is 0.0500 e. The van der Waals surface area contributed by atoms with Gasteiger partial charge in [0.05, 0.1) is 6.61 Å². The van der Waals surface area contributed by atoms with E-state index in [4.69, 9.17) is 14.2 Å². The summed E-state index contributed by atoms with van der Waals surface area (Å²) in [6.45, 7) is 18.1. The quantitative estimate of drug-likeness (QED) is 0.254. The third kappa shape index (κ3) is 7.89. The molecule has 32 heavy (non-hydrogen) atoms. The molecule has 188 valence electrons. The molecule has 1 aliphatic carbocycles. The van der Waals surface area contributed by atoms with Crippen LogP contribution in [0, 0.1) is 39.9 Å². The molecule has 0 amide bonds. The first-order valence-electron chi connectivity index (χ1n) is 13.4. The van der Waals surface area contributed by atoms with Crippen molar-refractivity contribution in [3.05, 3.63) is 0 Å². The van der Waals surface area contributed by atoms with Crippen LogP contribution in [0.3, 0.4) is 0 Å². The zero-order valence-electron chi connectivity index (χ0n) is 22.0. The van der Waals surface area contributed by atoms with E-state index in [9.17, 15) is 0 Å². The third-order valence-electron chi connectivity index (χ3n) is 9.21. The standard InChI is InChI=1S/C28H52O3S/c1-26(2,10-11-27(3,4)24-7-13-29-14-8-24)12-16-31-19-23-17-22(23)18-28(5,21-32-6)25-9-15-30-20-25/h22-25H,7-21H2,1-6H3. The number of ether oxygens (including phenoxy) is 3. The molecule has 0 radical (unpaired) electrons. The summed E-state index contributed by atoms with van der Waals surface area (Å²) in [6.07, 6.45) is 12.5. The fourth-order valence-electron chi connectivity index (χ4n) is 6.17. The molecule has 1 saturated carbocycles. The van der Waals surface area contributed by atoms with Crippen LogP contribution in [0.15, 0.2) is 0 Å². The van der Waals surface area contributed by atoms with Gasteiger partial charge >= 0.3 is 0 Å². The van der Waals surface area contributed by atoms with Crippen LogP contribution < -0.4 is 0 Å². The zero-order valence-corrected chi connectivity index (χ0v) is 22.9. The summed E-state index contributed by atoms with van der Waals surface area (Å²) >= 11 is 2.01. The van der Waals surface area contributed by atoms with Gasteiger partial charge in [-0.05, 0) is 103 Å². The van der Waals surface area contributed by atoms with Crippen LogP contribution in [-0.4, -0.2) is 51.6 Å². The van der Waals surface area contributed by atoms with Crippen molar-refractivity contribution in [3.8, 4) is 0 Å². The summed E-state index contributed by atoms with van der Waals surface area (Å²) in [5.74, 6) is 4.52. The highest BCUT2D eigenvalue weighted by atomic mass is 32.2. The SMILES string of the molecule is CSCC(C)(CC1CC1COCCC(C)(C)CCC(C)(C)C1CCOCC1)C1CCOC1. The van der Waals surface area contributed by atoms with Gasteiger partial charge in [-0.3, -0.25) is 0 Å². The Morgan fingerprint density at radius 3 is 2.19 bits per heavy atom. The Bertz CT molecular complexity index is 551. The second kappa shape index (κ2) is 11.8. The topological polar surface area (TPSA) is 27.7 Å². The van der Waals surface area contributed by atoms with E-state index in [1.165, 1.54) is 57.1 Å². The minimum absolute atomic E-state index is 0.366. The number of hydrogen-bond donors (Lipinski definition) is 0. The fourth-order valence-corrected chi connectivity index (χ4v) is 7.19. The Labute approximate surface area is 203 Å². The molecular formula is C28H52O3S. The predicted molar refractivity (Wildman–Crippen MR) is 137 cm³/mol. The van der Waals surface area contributed by atoms with Crippen LogP contribution in [0.1, 0.15) is 86.0 Å². The molecule has 3 fully saturated rings. The Balaban J connectivity index is 1.31. The monoisotopic (exact) mass is 468 g/mol. The van der Waals surface area contributed by atoms with Crippen molar-refractivity contribution < 1.29 is 14.2 Å². The largest absolute Gasteiger partial charge is 0.381 e. The number of hydrogen-bond acceptors (Lipinski definition) is 4. The molecule has 3 aliphatic rings. The second-order valence-corrected chi connectivity index (χ2v) is 13.8. The van der Waals surface area contributed by atoms with Gasteiger partial charge in [-0.15, -0.1) is 0 Å². The fraction of sp³-hybridized carbons (Fsp3) is 1.00. The summed E-state index contributed by atoms with van der Waals surface area (Å²) in [7, 11) is 0. The van der Waals surface area contributed by atoms with Crippen LogP contribution in [0.2, 0.25) is 0 Å². The lowest BCUT2D eigenvalue weighted by Gasteiger charge is -2.39. The van der Waals surface area contributed by atoms with E-state index in [-0.39, 0.29) is 0 Å². The second-order valence-electron chi connectivity index (χ2n) is 13.0. The molecule has 3 rings (SSSR count). The molecule has 4 heteroatoms. The minimum atomic E-state index is 0.366. The zero-order chi connectivity index (χ0) is 23.2. The van der Waals surface area contributed by atoms with Gasteiger partial charge in [0.2, 0.25) is 0 Å².